The molecule has 0 aliphatic rings. The Morgan fingerprint density at radius 3 is 2.18 bits per heavy atom. The lowest BCUT2D eigenvalue weighted by atomic mass is 10.8. The van der Waals surface area contributed by atoms with Crippen molar-refractivity contribution >= 4 is 17.8 Å². The SMILES string of the molecule is CCN(C)[SiH2]CC[Si](C)(C)C. The molecule has 0 rings (SSSR count). The Balaban J connectivity index is 3.28. The van der Waals surface area contributed by atoms with Crippen LogP contribution in [0.5, 0.6) is 0 Å². The highest BCUT2D eigenvalue weighted by Gasteiger charge is 2.12. The summed E-state index contributed by atoms with van der Waals surface area (Å²) in [6.07, 6.45) is 0. The van der Waals surface area contributed by atoms with E-state index in [9.17, 15) is 0 Å². The Kier molecular flexibility index (Phi) is 5.30. The third-order valence-electron chi connectivity index (χ3n) is 2.01. The fourth-order valence-corrected chi connectivity index (χ4v) is 6.77. The first kappa shape index (κ1) is 11.4. The fourth-order valence-electron chi connectivity index (χ4n) is 1.04. The molecule has 0 aliphatic carbocycles. The molecule has 0 saturated carbocycles. The molecule has 0 radical (unpaired) electrons. The summed E-state index contributed by atoms with van der Waals surface area (Å²) in [7, 11) is 1.66. The highest BCUT2D eigenvalue weighted by molar-refractivity contribution is 6.76. The molecule has 0 atom stereocenters. The summed E-state index contributed by atoms with van der Waals surface area (Å²) in [6, 6.07) is 3.06. The van der Waals surface area contributed by atoms with Gasteiger partial charge in [-0.05, 0) is 13.6 Å². The Labute approximate surface area is 75.1 Å². The predicted molar refractivity (Wildman–Crippen MR) is 59.8 cm³/mol. The van der Waals surface area contributed by atoms with Crippen LogP contribution in [-0.2, 0) is 0 Å². The summed E-state index contributed by atoms with van der Waals surface area (Å²) in [5, 5.41) is 0. The van der Waals surface area contributed by atoms with E-state index in [1.807, 2.05) is 0 Å². The van der Waals surface area contributed by atoms with Crippen molar-refractivity contribution in [3.63, 3.8) is 0 Å². The first-order chi connectivity index (χ1) is 4.95. The average Bonchev–Trinajstić information content (AvgIpc) is 1.85. The summed E-state index contributed by atoms with van der Waals surface area (Å²) >= 11 is 0. The number of nitrogens with zero attached hydrogens (tertiary/aromatic N) is 1. The zero-order valence-electron chi connectivity index (χ0n) is 8.78. The summed E-state index contributed by atoms with van der Waals surface area (Å²) in [4.78, 5) is 0. The van der Waals surface area contributed by atoms with Crippen molar-refractivity contribution < 1.29 is 0 Å². The van der Waals surface area contributed by atoms with Crippen LogP contribution < -0.4 is 0 Å². The van der Waals surface area contributed by atoms with E-state index in [0.29, 0.717) is 0 Å². The van der Waals surface area contributed by atoms with Crippen LogP contribution in [0.3, 0.4) is 0 Å². The Morgan fingerprint density at radius 2 is 1.82 bits per heavy atom. The number of rotatable bonds is 5. The average molecular weight is 189 g/mol. The highest BCUT2D eigenvalue weighted by atomic mass is 28.3. The number of hydrogen-bond donors (Lipinski definition) is 0. The molecular weight excluding hydrogens is 166 g/mol. The van der Waals surface area contributed by atoms with E-state index in [-0.39, 0.29) is 9.68 Å². The lowest BCUT2D eigenvalue weighted by Crippen LogP contribution is -2.26. The third-order valence-corrected chi connectivity index (χ3v) is 6.45. The molecule has 0 aromatic carbocycles. The number of hydrogen-bond acceptors (Lipinski definition) is 1. The second-order valence-electron chi connectivity index (χ2n) is 4.56. The van der Waals surface area contributed by atoms with E-state index in [0.717, 1.165) is 0 Å². The van der Waals surface area contributed by atoms with Crippen LogP contribution in [0.4, 0.5) is 0 Å². The van der Waals surface area contributed by atoms with Crippen LogP contribution in [0.2, 0.25) is 31.7 Å². The van der Waals surface area contributed by atoms with E-state index < -0.39 is 8.07 Å². The van der Waals surface area contributed by atoms with Crippen molar-refractivity contribution in [3.05, 3.63) is 0 Å². The first-order valence-electron chi connectivity index (χ1n) is 4.64. The van der Waals surface area contributed by atoms with Gasteiger partial charge in [-0.3, -0.25) is 0 Å². The zero-order valence-corrected chi connectivity index (χ0v) is 11.2. The third kappa shape index (κ3) is 8.30. The van der Waals surface area contributed by atoms with Crippen LogP contribution in [0, 0.1) is 0 Å². The molecular formula is C8H23NSi2. The van der Waals surface area contributed by atoms with Gasteiger partial charge in [-0.25, -0.2) is 0 Å². The lowest BCUT2D eigenvalue weighted by molar-refractivity contribution is 0.566. The van der Waals surface area contributed by atoms with Crippen LogP contribution in [0.15, 0.2) is 0 Å². The van der Waals surface area contributed by atoms with Gasteiger partial charge in [-0.1, -0.05) is 38.7 Å². The molecule has 0 saturated heterocycles. The molecule has 0 fully saturated rings. The van der Waals surface area contributed by atoms with Gasteiger partial charge in [-0.15, -0.1) is 0 Å². The maximum Gasteiger partial charge on any atom is 0.0944 e. The van der Waals surface area contributed by atoms with E-state index >= 15 is 0 Å². The molecule has 68 valence electrons. The molecule has 0 aromatic rings. The first-order valence-corrected chi connectivity index (χ1v) is 9.98. The second kappa shape index (κ2) is 5.11. The molecule has 0 N–H and O–H groups in total. The maximum absolute atomic E-state index is 2.53. The topological polar surface area (TPSA) is 3.24 Å². The normalized spacial score (nSPS) is 13.6. The van der Waals surface area contributed by atoms with Gasteiger partial charge in [0.05, 0.1) is 9.68 Å². The predicted octanol–water partition coefficient (Wildman–Crippen LogP) is 1.78. The molecule has 0 bridgehead atoms. The van der Waals surface area contributed by atoms with Crippen LogP contribution in [-0.4, -0.2) is 35.9 Å². The highest BCUT2D eigenvalue weighted by Crippen LogP contribution is 2.10. The Bertz CT molecular complexity index is 98.8. The monoisotopic (exact) mass is 189 g/mol. The van der Waals surface area contributed by atoms with Gasteiger partial charge in [0.2, 0.25) is 0 Å². The molecule has 0 heterocycles. The van der Waals surface area contributed by atoms with Gasteiger partial charge >= 0.3 is 0 Å². The van der Waals surface area contributed by atoms with Crippen molar-refractivity contribution in [1.82, 2.24) is 4.57 Å². The minimum absolute atomic E-state index is 0.124. The molecule has 0 spiro atoms. The molecule has 0 amide bonds. The smallest absolute Gasteiger partial charge is 0.0944 e. The van der Waals surface area contributed by atoms with Crippen LogP contribution in [0.1, 0.15) is 6.92 Å². The summed E-state index contributed by atoms with van der Waals surface area (Å²) in [5.41, 5.74) is 0. The molecule has 0 aromatic heterocycles. The van der Waals surface area contributed by atoms with E-state index in [1.165, 1.54) is 18.6 Å². The quantitative estimate of drug-likeness (QED) is 0.596. The summed E-state index contributed by atoms with van der Waals surface area (Å²) < 4.78 is 2.53. The molecule has 1 nitrogen and oxygen atoms in total. The molecule has 0 aliphatic heterocycles. The van der Waals surface area contributed by atoms with Gasteiger partial charge in [0.25, 0.3) is 0 Å². The molecule has 3 heteroatoms. The van der Waals surface area contributed by atoms with Crippen molar-refractivity contribution in [2.45, 2.75) is 38.7 Å². The summed E-state index contributed by atoms with van der Waals surface area (Å²) in [5.74, 6) is 0. The van der Waals surface area contributed by atoms with Crippen molar-refractivity contribution in [2.24, 2.45) is 0 Å². The van der Waals surface area contributed by atoms with Crippen molar-refractivity contribution in [2.75, 3.05) is 13.6 Å². The van der Waals surface area contributed by atoms with Crippen molar-refractivity contribution in [3.8, 4) is 0 Å². The summed E-state index contributed by atoms with van der Waals surface area (Å²) in [6.45, 7) is 10.9. The van der Waals surface area contributed by atoms with Gasteiger partial charge < -0.3 is 4.57 Å². The second-order valence-corrected chi connectivity index (χ2v) is 12.4. The van der Waals surface area contributed by atoms with Gasteiger partial charge in [-0.2, -0.15) is 0 Å². The van der Waals surface area contributed by atoms with E-state index in [1.54, 1.807) is 0 Å². The van der Waals surface area contributed by atoms with Crippen LogP contribution >= 0.6 is 0 Å². The molecule has 11 heavy (non-hydrogen) atoms. The fraction of sp³-hybridized carbons (Fsp3) is 1.00. The minimum Gasteiger partial charge on any atom is -0.332 e. The standard InChI is InChI=1S/C8H23NSi2/c1-6-9(2)10-7-8-11(3,4)5/h6-8,10H2,1-5H3. The van der Waals surface area contributed by atoms with E-state index in [2.05, 4.69) is 38.2 Å². The largest absolute Gasteiger partial charge is 0.332 e. The van der Waals surface area contributed by atoms with E-state index in [4.69, 9.17) is 0 Å². The van der Waals surface area contributed by atoms with Gasteiger partial charge in [0.15, 0.2) is 0 Å². The lowest BCUT2D eigenvalue weighted by Gasteiger charge is -2.18. The molecule has 0 unspecified atom stereocenters. The van der Waals surface area contributed by atoms with Crippen molar-refractivity contribution in [1.29, 1.82) is 0 Å². The zero-order chi connectivity index (χ0) is 8.91. The minimum atomic E-state index is -0.729. The Hall–Kier alpha value is 0.394. The van der Waals surface area contributed by atoms with Gasteiger partial charge in [0, 0.05) is 8.07 Å². The maximum atomic E-state index is 2.53. The Morgan fingerprint density at radius 1 is 1.27 bits per heavy atom. The van der Waals surface area contributed by atoms with Crippen LogP contribution in [0.25, 0.3) is 0 Å². The van der Waals surface area contributed by atoms with Gasteiger partial charge in [0.1, 0.15) is 0 Å².